The van der Waals surface area contributed by atoms with E-state index in [0.717, 1.165) is 50.3 Å². The maximum absolute atomic E-state index is 13.7. The quantitative estimate of drug-likeness (QED) is 0.245. The first-order valence-corrected chi connectivity index (χ1v) is 14.8. The minimum absolute atomic E-state index is 0.00786. The van der Waals surface area contributed by atoms with Crippen molar-refractivity contribution < 1.29 is 22.3 Å². The molecule has 0 aliphatic heterocycles. The molecule has 0 radical (unpaired) electrons. The molecule has 1 aliphatic rings. The van der Waals surface area contributed by atoms with Crippen molar-refractivity contribution in [3.05, 3.63) is 76.8 Å². The Labute approximate surface area is 227 Å². The van der Waals surface area contributed by atoms with Crippen molar-refractivity contribution in [2.24, 2.45) is 0 Å². The number of carbonyl (C=O) groups excluding carboxylic acids is 1. The molecule has 1 N–H and O–H groups in total. The number of rotatable bonds is 7. The first kappa shape index (κ1) is 27.9. The third kappa shape index (κ3) is 7.23. The second kappa shape index (κ2) is 12.1. The number of sulfone groups is 1. The van der Waals surface area contributed by atoms with E-state index in [-0.39, 0.29) is 27.6 Å². The summed E-state index contributed by atoms with van der Waals surface area (Å²) in [5.74, 6) is 0.765. The summed E-state index contributed by atoms with van der Waals surface area (Å²) in [6.45, 7) is 1.96. The van der Waals surface area contributed by atoms with E-state index in [2.05, 4.69) is 10.3 Å². The molecule has 1 aromatic heterocycles. The lowest BCUT2D eigenvalue weighted by Crippen LogP contribution is -2.42. The number of pyridine rings is 1. The van der Waals surface area contributed by atoms with Gasteiger partial charge in [-0.15, -0.1) is 0 Å². The Morgan fingerprint density at radius 2 is 1.63 bits per heavy atom. The minimum Gasteiger partial charge on any atom is -0.457 e. The van der Waals surface area contributed by atoms with Crippen LogP contribution in [-0.4, -0.2) is 36.6 Å². The molecule has 202 valence electrons. The fourth-order valence-corrected chi connectivity index (χ4v) is 5.87. The lowest BCUT2D eigenvalue weighted by Gasteiger charge is -2.32. The highest BCUT2D eigenvalue weighted by molar-refractivity contribution is 7.90. The summed E-state index contributed by atoms with van der Waals surface area (Å²) < 4.78 is 43.8. The molecule has 0 saturated heterocycles. The van der Waals surface area contributed by atoms with Crippen molar-refractivity contribution in [2.75, 3.05) is 11.6 Å². The van der Waals surface area contributed by atoms with Crippen molar-refractivity contribution in [3.63, 3.8) is 0 Å². The van der Waals surface area contributed by atoms with Crippen LogP contribution >= 0.6 is 11.6 Å². The Hall–Kier alpha value is -3.17. The van der Waals surface area contributed by atoms with Crippen LogP contribution in [0.2, 0.25) is 5.15 Å². The summed E-state index contributed by atoms with van der Waals surface area (Å²) in [6, 6.07) is 14.1. The second-order valence-corrected chi connectivity index (χ2v) is 11.9. The lowest BCUT2D eigenvalue weighted by atomic mass is 10.1. The number of anilines is 1. The number of hydrogen-bond donors (Lipinski definition) is 1. The van der Waals surface area contributed by atoms with Crippen molar-refractivity contribution in [3.8, 4) is 11.5 Å². The molecule has 2 amide bonds. The molecule has 3 aromatic rings. The highest BCUT2D eigenvalue weighted by Gasteiger charge is 2.28. The molecule has 38 heavy (non-hydrogen) atoms. The average Bonchev–Trinajstić information content (AvgIpc) is 3.15. The Morgan fingerprint density at radius 3 is 2.21 bits per heavy atom. The van der Waals surface area contributed by atoms with Crippen LogP contribution in [-0.2, 0) is 16.4 Å². The average molecular weight is 560 g/mol. The van der Waals surface area contributed by atoms with Gasteiger partial charge in [0.15, 0.2) is 15.0 Å². The smallest absolute Gasteiger partial charge is 0.322 e. The largest absolute Gasteiger partial charge is 0.457 e. The molecule has 10 heteroatoms. The molecule has 4 rings (SSSR count). The number of ether oxygens (including phenoxy) is 1. The van der Waals surface area contributed by atoms with E-state index in [1.54, 1.807) is 36.1 Å². The summed E-state index contributed by atoms with van der Waals surface area (Å²) in [7, 11) is -3.66. The molecule has 7 nitrogen and oxygen atoms in total. The fourth-order valence-electron chi connectivity index (χ4n) is 4.63. The second-order valence-electron chi connectivity index (χ2n) is 9.60. The Bertz CT molecular complexity index is 1370. The van der Waals surface area contributed by atoms with Crippen LogP contribution in [0, 0.1) is 12.7 Å². The van der Waals surface area contributed by atoms with E-state index in [4.69, 9.17) is 16.3 Å². The Kier molecular flexibility index (Phi) is 8.89. The SMILES string of the molecule is Cc1cc(S(C)(=O)=O)c(NC(=O)N(Cc2ccc(Oc3ccc(F)cc3)cc2)C2CCCCCC2)c(Cl)n1. The molecule has 0 unspecified atom stereocenters. The molecule has 0 bridgehead atoms. The summed E-state index contributed by atoms with van der Waals surface area (Å²) in [6.07, 6.45) is 7.06. The number of nitrogens with zero attached hydrogens (tertiary/aromatic N) is 2. The number of carbonyl (C=O) groups is 1. The van der Waals surface area contributed by atoms with Gasteiger partial charge in [-0.2, -0.15) is 0 Å². The molecular weight excluding hydrogens is 529 g/mol. The number of aromatic nitrogens is 1. The maximum atomic E-state index is 13.7. The number of amides is 2. The standard InChI is InChI=1S/C28H31ClFN3O4S/c1-19-17-25(38(2,35)36)26(27(29)31-19)32-28(34)33(22-7-5-3-4-6-8-22)18-20-9-13-23(14-10-20)37-24-15-11-21(30)12-16-24/h9-17,22H,3-8,18H2,1-2H3,(H,32,34). The van der Waals surface area contributed by atoms with Gasteiger partial charge in [-0.25, -0.2) is 22.6 Å². The molecular formula is C28H31ClFN3O4S. The number of benzene rings is 2. The number of aryl methyl sites for hydroxylation is 1. The summed E-state index contributed by atoms with van der Waals surface area (Å²) in [5.41, 5.74) is 1.32. The van der Waals surface area contributed by atoms with Crippen LogP contribution in [0.3, 0.4) is 0 Å². The monoisotopic (exact) mass is 559 g/mol. The van der Waals surface area contributed by atoms with Crippen LogP contribution in [0.25, 0.3) is 0 Å². The van der Waals surface area contributed by atoms with E-state index in [1.807, 2.05) is 12.1 Å². The van der Waals surface area contributed by atoms with Crippen LogP contribution in [0.15, 0.2) is 59.5 Å². The van der Waals surface area contributed by atoms with Crippen LogP contribution < -0.4 is 10.1 Å². The van der Waals surface area contributed by atoms with E-state index in [1.165, 1.54) is 18.2 Å². The van der Waals surface area contributed by atoms with Gasteiger partial charge in [-0.05, 0) is 67.8 Å². The van der Waals surface area contributed by atoms with E-state index in [0.29, 0.717) is 23.7 Å². The van der Waals surface area contributed by atoms with Gasteiger partial charge in [0.25, 0.3) is 0 Å². The van der Waals surface area contributed by atoms with Gasteiger partial charge in [0, 0.05) is 24.5 Å². The van der Waals surface area contributed by atoms with Gasteiger partial charge in [0.05, 0.1) is 10.6 Å². The van der Waals surface area contributed by atoms with Crippen molar-refractivity contribution in [2.45, 2.75) is 62.9 Å². The third-order valence-corrected chi connectivity index (χ3v) is 7.94. The topological polar surface area (TPSA) is 88.6 Å². The highest BCUT2D eigenvalue weighted by Crippen LogP contribution is 2.31. The predicted octanol–water partition coefficient (Wildman–Crippen LogP) is 7.14. The number of halogens is 2. The predicted molar refractivity (Wildman–Crippen MR) is 146 cm³/mol. The number of hydrogen-bond acceptors (Lipinski definition) is 5. The minimum atomic E-state index is -3.66. The van der Waals surface area contributed by atoms with Crippen LogP contribution in [0.5, 0.6) is 11.5 Å². The van der Waals surface area contributed by atoms with E-state index < -0.39 is 15.9 Å². The van der Waals surface area contributed by atoms with Crippen molar-refractivity contribution in [1.82, 2.24) is 9.88 Å². The zero-order valence-electron chi connectivity index (χ0n) is 21.4. The normalized spacial score (nSPS) is 14.5. The molecule has 1 heterocycles. The molecule has 2 aromatic carbocycles. The molecule has 0 spiro atoms. The number of nitrogens with one attached hydrogen (secondary N) is 1. The van der Waals surface area contributed by atoms with Crippen molar-refractivity contribution in [1.29, 1.82) is 0 Å². The molecule has 1 fully saturated rings. The number of urea groups is 1. The first-order valence-electron chi connectivity index (χ1n) is 12.6. The van der Waals surface area contributed by atoms with Gasteiger partial charge < -0.3 is 15.0 Å². The van der Waals surface area contributed by atoms with Crippen LogP contribution in [0.1, 0.15) is 49.8 Å². The lowest BCUT2D eigenvalue weighted by molar-refractivity contribution is 0.175. The Morgan fingerprint density at radius 1 is 1.05 bits per heavy atom. The molecule has 0 atom stereocenters. The van der Waals surface area contributed by atoms with E-state index >= 15 is 0 Å². The summed E-state index contributed by atoms with van der Waals surface area (Å²) in [5, 5.41) is 2.69. The van der Waals surface area contributed by atoms with Gasteiger partial charge in [0.1, 0.15) is 17.3 Å². The van der Waals surface area contributed by atoms with E-state index in [9.17, 15) is 17.6 Å². The van der Waals surface area contributed by atoms with Gasteiger partial charge in [-0.3, -0.25) is 0 Å². The third-order valence-electron chi connectivity index (χ3n) is 6.55. The fraction of sp³-hybridized carbons (Fsp3) is 0.357. The summed E-state index contributed by atoms with van der Waals surface area (Å²) in [4.78, 5) is 19.5. The molecule has 1 saturated carbocycles. The molecule has 1 aliphatic carbocycles. The van der Waals surface area contributed by atoms with Gasteiger partial charge in [-0.1, -0.05) is 49.4 Å². The van der Waals surface area contributed by atoms with Crippen molar-refractivity contribution >= 4 is 33.2 Å². The highest BCUT2D eigenvalue weighted by atomic mass is 35.5. The van der Waals surface area contributed by atoms with Crippen LogP contribution in [0.4, 0.5) is 14.9 Å². The summed E-state index contributed by atoms with van der Waals surface area (Å²) >= 11 is 6.31. The zero-order chi connectivity index (χ0) is 27.3. The van der Waals surface area contributed by atoms with Gasteiger partial charge >= 0.3 is 6.03 Å². The van der Waals surface area contributed by atoms with Gasteiger partial charge in [0.2, 0.25) is 0 Å². The zero-order valence-corrected chi connectivity index (χ0v) is 23.0. The maximum Gasteiger partial charge on any atom is 0.322 e. The first-order chi connectivity index (χ1) is 18.1. The Balaban J connectivity index is 1.57.